The average molecular weight is 826 g/mol. The quantitative estimate of drug-likeness (QED) is 0.0630. The van der Waals surface area contributed by atoms with E-state index in [0.29, 0.717) is 11.1 Å². The number of para-hydroxylation sites is 1. The van der Waals surface area contributed by atoms with Crippen LogP contribution in [0.5, 0.6) is 0 Å². The fourth-order valence-corrected chi connectivity index (χ4v) is 7.21. The Labute approximate surface area is 342 Å². The SMILES string of the molecule is C[C@@H]([C@H](NC(=O)C(Cc1ccc2ccccc2c1)NC(=O)N[C@@H](Cc1c[nH]c2ccccc12)C(=O)O)C(=O)NC[C@H]1C[C@@H](O)[C@H](n2ccc(=O)[nH]c2=O)O1)N(C)C(=O)CN. The normalized spacial score (nSPS) is 18.2. The Balaban J connectivity index is 1.21. The predicted octanol–water partition coefficient (Wildman–Crippen LogP) is -0.167. The van der Waals surface area contributed by atoms with Crippen LogP contribution in [-0.2, 0) is 36.8 Å². The number of carbonyl (C=O) groups is 5. The number of nitrogens with one attached hydrogen (secondary N) is 6. The Bertz CT molecular complexity index is 2500. The molecule has 3 heterocycles. The van der Waals surface area contributed by atoms with Gasteiger partial charge in [-0.3, -0.25) is 28.7 Å². The Hall–Kier alpha value is -6.83. The molecule has 5 amide bonds. The van der Waals surface area contributed by atoms with Gasteiger partial charge in [-0.25, -0.2) is 14.4 Å². The van der Waals surface area contributed by atoms with Crippen molar-refractivity contribution < 1.29 is 38.9 Å². The van der Waals surface area contributed by atoms with E-state index in [9.17, 15) is 43.8 Å². The van der Waals surface area contributed by atoms with Crippen molar-refractivity contribution in [2.45, 2.75) is 68.8 Å². The highest BCUT2D eigenvalue weighted by atomic mass is 16.5. The van der Waals surface area contributed by atoms with E-state index in [1.165, 1.54) is 25.1 Å². The van der Waals surface area contributed by atoms with Crippen LogP contribution in [0.1, 0.15) is 30.7 Å². The fraction of sp³-hybridized carbons (Fsp3) is 0.341. The molecule has 1 aliphatic rings. The standard InChI is InChI=1S/C41H47N9O10/c1-22(49(2)34(53)19-42)35(37(55)44-21-27-18-32(51)38(60-27)50-14-13-33(52)47-41(50)59)48-36(54)30(16-23-11-12-24-7-3-4-8-25(24)15-23)45-40(58)46-31(39(56)57)17-26-20-43-29-10-6-5-9-28(26)29/h3-15,20,22,27,30-32,35,38,43,51H,16-19,21,42H2,1-2H3,(H,44,55)(H,48,54)(H,56,57)(H2,45,46,58)(H,47,52,59)/t22-,27+,30?,31-,32+,35-,38+/m0/s1. The number of carboxylic acid groups (broad SMARTS) is 1. The number of aliphatic carboxylic acids is 1. The summed E-state index contributed by atoms with van der Waals surface area (Å²) in [7, 11) is 1.41. The number of urea groups is 1. The largest absolute Gasteiger partial charge is 0.480 e. The van der Waals surface area contributed by atoms with Gasteiger partial charge in [0.15, 0.2) is 6.23 Å². The van der Waals surface area contributed by atoms with Crippen LogP contribution in [0.15, 0.2) is 94.8 Å². The summed E-state index contributed by atoms with van der Waals surface area (Å²) >= 11 is 0. The van der Waals surface area contributed by atoms with Gasteiger partial charge in [-0.15, -0.1) is 0 Å². The van der Waals surface area contributed by atoms with Crippen LogP contribution in [0.4, 0.5) is 4.79 Å². The van der Waals surface area contributed by atoms with Gasteiger partial charge in [0, 0.05) is 62.2 Å². The van der Waals surface area contributed by atoms with Crippen molar-refractivity contribution in [2.75, 3.05) is 20.1 Å². The summed E-state index contributed by atoms with van der Waals surface area (Å²) in [5.41, 5.74) is 6.28. The monoisotopic (exact) mass is 825 g/mol. The molecule has 0 radical (unpaired) electrons. The number of carboxylic acids is 1. The number of likely N-dealkylation sites (N-methyl/N-ethyl adjacent to an activating group) is 1. The third-order valence-corrected chi connectivity index (χ3v) is 10.6. The lowest BCUT2D eigenvalue weighted by atomic mass is 10.00. The molecular weight excluding hydrogens is 779 g/mol. The maximum Gasteiger partial charge on any atom is 0.330 e. The minimum atomic E-state index is -1.43. The number of aliphatic hydroxyl groups excluding tert-OH is 1. The van der Waals surface area contributed by atoms with E-state index >= 15 is 0 Å². The number of H-pyrrole nitrogens is 2. The minimum absolute atomic E-state index is 0.000830. The molecule has 0 bridgehead atoms. The summed E-state index contributed by atoms with van der Waals surface area (Å²) in [4.78, 5) is 97.2. The molecule has 316 valence electrons. The van der Waals surface area contributed by atoms with E-state index in [2.05, 4.69) is 31.2 Å². The molecule has 1 fully saturated rings. The zero-order chi connectivity index (χ0) is 43.1. The smallest absolute Gasteiger partial charge is 0.330 e. The van der Waals surface area contributed by atoms with Crippen LogP contribution in [0.25, 0.3) is 21.7 Å². The molecule has 6 rings (SSSR count). The maximum atomic E-state index is 14.3. The first-order chi connectivity index (χ1) is 28.7. The van der Waals surface area contributed by atoms with Crippen LogP contribution in [0.2, 0.25) is 0 Å². The van der Waals surface area contributed by atoms with Crippen molar-refractivity contribution in [3.8, 4) is 0 Å². The second-order valence-corrected chi connectivity index (χ2v) is 14.7. The number of amides is 5. The van der Waals surface area contributed by atoms with E-state index in [1.807, 2.05) is 60.7 Å². The summed E-state index contributed by atoms with van der Waals surface area (Å²) < 4.78 is 6.87. The molecule has 0 saturated carbocycles. The van der Waals surface area contributed by atoms with Crippen LogP contribution < -0.4 is 38.2 Å². The third-order valence-electron chi connectivity index (χ3n) is 10.6. The van der Waals surface area contributed by atoms with Crippen molar-refractivity contribution in [2.24, 2.45) is 5.73 Å². The van der Waals surface area contributed by atoms with Gasteiger partial charge in [0.1, 0.15) is 24.2 Å². The molecule has 19 nitrogen and oxygen atoms in total. The number of aromatic nitrogens is 3. The van der Waals surface area contributed by atoms with Gasteiger partial charge in [-0.1, -0.05) is 60.7 Å². The van der Waals surface area contributed by atoms with Crippen LogP contribution in [0, 0.1) is 0 Å². The van der Waals surface area contributed by atoms with Gasteiger partial charge in [0.05, 0.1) is 18.7 Å². The summed E-state index contributed by atoms with van der Waals surface area (Å²) in [6.45, 7) is 0.942. The highest BCUT2D eigenvalue weighted by Gasteiger charge is 2.38. The van der Waals surface area contributed by atoms with E-state index in [-0.39, 0.29) is 25.8 Å². The van der Waals surface area contributed by atoms with Crippen LogP contribution >= 0.6 is 0 Å². The van der Waals surface area contributed by atoms with Gasteiger partial charge in [0.25, 0.3) is 5.56 Å². The Kier molecular flexibility index (Phi) is 13.4. The maximum absolute atomic E-state index is 14.3. The number of fused-ring (bicyclic) bond motifs is 2. The van der Waals surface area contributed by atoms with Gasteiger partial charge in [0.2, 0.25) is 17.7 Å². The van der Waals surface area contributed by atoms with Gasteiger partial charge < -0.3 is 51.8 Å². The topological polar surface area (TPSA) is 283 Å². The molecule has 3 aromatic carbocycles. The number of ether oxygens (including phenoxy) is 1. The number of rotatable bonds is 16. The van der Waals surface area contributed by atoms with Crippen LogP contribution in [-0.4, -0.2) is 116 Å². The molecule has 1 saturated heterocycles. The number of aromatic amines is 2. The Morgan fingerprint density at radius 3 is 2.38 bits per heavy atom. The Morgan fingerprint density at radius 2 is 1.65 bits per heavy atom. The number of nitrogens with two attached hydrogens (primary N) is 1. The molecule has 1 aliphatic heterocycles. The molecule has 2 aromatic heterocycles. The Morgan fingerprint density at radius 1 is 0.933 bits per heavy atom. The second kappa shape index (κ2) is 18.8. The molecule has 7 atom stereocenters. The lowest BCUT2D eigenvalue weighted by molar-refractivity contribution is -0.139. The summed E-state index contributed by atoms with van der Waals surface area (Å²) in [6, 6.07) is 15.3. The molecular formula is C41H47N9O10. The van der Waals surface area contributed by atoms with E-state index in [4.69, 9.17) is 10.5 Å². The molecule has 0 aliphatic carbocycles. The van der Waals surface area contributed by atoms with Crippen molar-refractivity contribution in [1.29, 1.82) is 0 Å². The first kappa shape index (κ1) is 42.8. The molecule has 10 N–H and O–H groups in total. The molecule has 0 spiro atoms. The summed E-state index contributed by atoms with van der Waals surface area (Å²) in [5.74, 6) is -3.42. The second-order valence-electron chi connectivity index (χ2n) is 14.7. The number of aliphatic hydroxyl groups is 1. The molecule has 1 unspecified atom stereocenters. The van der Waals surface area contributed by atoms with Crippen molar-refractivity contribution in [3.05, 3.63) is 117 Å². The number of carbonyl (C=O) groups excluding carboxylic acids is 4. The molecule has 19 heteroatoms. The predicted molar refractivity (Wildman–Crippen MR) is 219 cm³/mol. The highest BCUT2D eigenvalue weighted by Crippen LogP contribution is 2.27. The number of hydrogen-bond acceptors (Lipinski definition) is 10. The van der Waals surface area contributed by atoms with E-state index in [0.717, 1.165) is 32.3 Å². The number of benzene rings is 3. The zero-order valence-corrected chi connectivity index (χ0v) is 32.8. The highest BCUT2D eigenvalue weighted by molar-refractivity contribution is 5.94. The lowest BCUT2D eigenvalue weighted by Gasteiger charge is -2.33. The van der Waals surface area contributed by atoms with Crippen molar-refractivity contribution in [1.82, 2.24) is 40.7 Å². The van der Waals surface area contributed by atoms with E-state index < -0.39 is 90.1 Å². The lowest BCUT2D eigenvalue weighted by Crippen LogP contribution is -2.62. The summed E-state index contributed by atoms with van der Waals surface area (Å²) in [6.07, 6.45) is -0.434. The number of nitrogens with zero attached hydrogens (tertiary/aromatic N) is 2. The fourth-order valence-electron chi connectivity index (χ4n) is 7.21. The van der Waals surface area contributed by atoms with Gasteiger partial charge in [-0.05, 0) is 34.9 Å². The van der Waals surface area contributed by atoms with Crippen molar-refractivity contribution >= 4 is 51.4 Å². The van der Waals surface area contributed by atoms with E-state index in [1.54, 1.807) is 12.3 Å². The number of hydrogen-bond donors (Lipinski definition) is 9. The molecule has 5 aromatic rings. The van der Waals surface area contributed by atoms with Crippen molar-refractivity contribution in [3.63, 3.8) is 0 Å². The van der Waals surface area contributed by atoms with Crippen LogP contribution in [0.3, 0.4) is 0 Å². The molecule has 60 heavy (non-hydrogen) atoms. The minimum Gasteiger partial charge on any atom is -0.480 e. The average Bonchev–Trinajstić information content (AvgIpc) is 3.82. The first-order valence-corrected chi connectivity index (χ1v) is 19.2. The summed E-state index contributed by atoms with van der Waals surface area (Å²) in [5, 5.41) is 33.8. The zero-order valence-electron chi connectivity index (χ0n) is 32.8. The first-order valence-electron chi connectivity index (χ1n) is 19.2. The van der Waals surface area contributed by atoms with Gasteiger partial charge >= 0.3 is 17.7 Å². The van der Waals surface area contributed by atoms with Gasteiger partial charge in [-0.2, -0.15) is 0 Å². The third kappa shape index (κ3) is 10.1.